The third-order valence-electron chi connectivity index (χ3n) is 15.8. The van der Waals surface area contributed by atoms with E-state index >= 15 is 0 Å². The highest BCUT2D eigenvalue weighted by Gasteiger charge is 2.53. The maximum Gasteiger partial charge on any atom is 0.354 e. The average Bonchev–Trinajstić information content (AvgIpc) is 3.25. The fraction of sp³-hybridized carbons (Fsp3) is 0.712. The van der Waals surface area contributed by atoms with Crippen LogP contribution < -0.4 is 8.85 Å². The van der Waals surface area contributed by atoms with Crippen LogP contribution in [0.25, 0.3) is 0 Å². The van der Waals surface area contributed by atoms with Crippen LogP contribution in [0.15, 0.2) is 53.6 Å². The molecule has 2 heterocycles. The Hall–Kier alpha value is 0.390. The van der Waals surface area contributed by atoms with Crippen molar-refractivity contribution in [3.63, 3.8) is 0 Å². The maximum atomic E-state index is 6.34. The molecule has 5 rings (SSSR count). The smallest absolute Gasteiger partial charge is 0.322 e. The predicted octanol–water partition coefficient (Wildman–Crippen LogP) is 17.9. The van der Waals surface area contributed by atoms with E-state index in [0.717, 1.165) is 0 Å². The molecule has 1 aliphatic carbocycles. The molecule has 3 aliphatic rings. The Balaban J connectivity index is 2.45. The van der Waals surface area contributed by atoms with Crippen molar-refractivity contribution in [3.05, 3.63) is 82.0 Å². The zero-order valence-electron chi connectivity index (χ0n) is 52.7. The van der Waals surface area contributed by atoms with Crippen molar-refractivity contribution in [2.75, 3.05) is 0 Å². The van der Waals surface area contributed by atoms with Gasteiger partial charge in [-0.2, -0.15) is 0 Å². The summed E-state index contributed by atoms with van der Waals surface area (Å²) in [6, 6.07) is 11.8. The van der Waals surface area contributed by atoms with Crippen LogP contribution in [-0.4, -0.2) is 102 Å². The quantitative estimate of drug-likeness (QED) is 0.132. The van der Waals surface area contributed by atoms with Crippen LogP contribution in [0.5, 0.6) is 0 Å². The van der Waals surface area contributed by atoms with Crippen LogP contribution in [0, 0.1) is 0 Å². The number of hydrogen-bond acceptors (Lipinski definition) is 1. The number of rotatable bonds is 14. The van der Waals surface area contributed by atoms with Crippen molar-refractivity contribution < 1.29 is 0 Å². The minimum atomic E-state index is -2.00. The molecule has 0 atom stereocenters. The van der Waals surface area contributed by atoms with Gasteiger partial charge in [-0.3, -0.25) is 0 Å². The molecule has 0 aromatic heterocycles. The topological polar surface area (TPSA) is 12.4 Å². The molecule has 2 bridgehead atoms. The van der Waals surface area contributed by atoms with Gasteiger partial charge in [0.2, 0.25) is 0 Å². The van der Waals surface area contributed by atoms with Crippen molar-refractivity contribution in [2.45, 2.75) is 266 Å². The molecule has 11 heteroatoms. The summed E-state index contributed by atoms with van der Waals surface area (Å²) in [5, 5.41) is 2.69. The van der Waals surface area contributed by atoms with Crippen molar-refractivity contribution in [1.82, 2.24) is 0 Å². The molecule has 70 heavy (non-hydrogen) atoms. The number of nitrogens with zero attached hydrogens (tertiary/aromatic N) is 1. The lowest BCUT2D eigenvalue weighted by Gasteiger charge is -2.46. The first-order chi connectivity index (χ1) is 30.7. The van der Waals surface area contributed by atoms with Crippen LogP contribution in [0.1, 0.15) is 116 Å². The van der Waals surface area contributed by atoms with E-state index in [2.05, 4.69) is 268 Å². The first kappa shape index (κ1) is 62.9. The summed E-state index contributed by atoms with van der Waals surface area (Å²) < 4.78 is 6.07. The molecular formula is C59H113Al2NSi8. The molecule has 0 saturated carbocycles. The predicted molar refractivity (Wildman–Crippen MR) is 352 cm³/mol. The summed E-state index contributed by atoms with van der Waals surface area (Å²) >= 11 is -4.00. The van der Waals surface area contributed by atoms with E-state index in [1.807, 2.05) is 0 Å². The fourth-order valence-corrected chi connectivity index (χ4v) is 77.5. The Morgan fingerprint density at radius 1 is 0.343 bits per heavy atom. The highest BCUT2D eigenvalue weighted by Crippen LogP contribution is 2.50. The molecule has 0 unspecified atom stereocenters. The number of benzene rings is 2. The van der Waals surface area contributed by atoms with Gasteiger partial charge in [0.1, 0.15) is 0 Å². The van der Waals surface area contributed by atoms with E-state index in [9.17, 15) is 0 Å². The Morgan fingerprint density at radius 2 is 0.529 bits per heavy atom. The number of allylic oxidation sites excluding steroid dienone is 4. The number of hydrogen-bond donors (Lipinski definition) is 0. The van der Waals surface area contributed by atoms with Gasteiger partial charge in [-0.1, -0.05) is 251 Å². The molecule has 2 aliphatic heterocycles. The molecule has 0 saturated heterocycles. The monoisotopic (exact) mass is 1110 g/mol. The summed E-state index contributed by atoms with van der Waals surface area (Å²) in [5.41, 5.74) is 10.6. The molecular weight excluding hydrogens is 1000 g/mol. The second kappa shape index (κ2) is 20.3. The van der Waals surface area contributed by atoms with Crippen molar-refractivity contribution in [2.24, 2.45) is 4.99 Å². The molecule has 1 nitrogen and oxygen atoms in total. The molecule has 0 radical (unpaired) electrons. The summed E-state index contributed by atoms with van der Waals surface area (Å²) in [4.78, 5) is 6.34. The lowest BCUT2D eigenvalue weighted by atomic mass is 9.81. The third-order valence-corrected chi connectivity index (χ3v) is 61.2. The van der Waals surface area contributed by atoms with Gasteiger partial charge in [-0.05, 0) is 95.2 Å². The Labute approximate surface area is 454 Å². The van der Waals surface area contributed by atoms with Crippen molar-refractivity contribution >= 4 is 105 Å². The summed E-state index contributed by atoms with van der Waals surface area (Å²) in [6.07, 6.45) is 11.0. The second-order valence-corrected chi connectivity index (χ2v) is 86.3. The highest BCUT2D eigenvalue weighted by molar-refractivity contribution is 7.29. The lowest BCUT2D eigenvalue weighted by Crippen LogP contribution is -2.56. The number of fused-ring (bicyclic) bond motifs is 2. The van der Waals surface area contributed by atoms with Crippen LogP contribution >= 0.6 is 0 Å². The van der Waals surface area contributed by atoms with Gasteiger partial charge in [0, 0.05) is 70.1 Å². The standard InChI is InChI=1S/2C24H49Si4.C6H6.C5H9N.2Al/c2*1-24(2,3)21-19(22(25(4,5)6)26(7,8)9)17-16-18-20(21)23(27(10,11)12)28(13,14)15;1-2-4-6-5-3-1;1-5(2,3)6-4;;/h2*17-18,22-23H,1-15H3;1-6H;1-3H3;;. The van der Waals surface area contributed by atoms with Gasteiger partial charge in [-0.15, -0.1) is 8.85 Å². The minimum absolute atomic E-state index is 0.0509. The normalized spacial score (nSPS) is 18.7. The molecule has 392 valence electrons. The van der Waals surface area contributed by atoms with Crippen LogP contribution in [0.3, 0.4) is 0 Å². The van der Waals surface area contributed by atoms with E-state index in [1.54, 1.807) is 45.7 Å². The third kappa shape index (κ3) is 14.3. The fourth-order valence-electron chi connectivity index (χ4n) is 16.3. The van der Waals surface area contributed by atoms with Gasteiger partial charge < -0.3 is 4.99 Å². The van der Waals surface area contributed by atoms with Crippen LogP contribution in [0.4, 0.5) is 0 Å². The van der Waals surface area contributed by atoms with Gasteiger partial charge in [0.05, 0.1) is 0 Å². The van der Waals surface area contributed by atoms with Crippen LogP contribution in [0.2, 0.25) is 167 Å². The molecule has 0 spiro atoms. The van der Waals surface area contributed by atoms with Gasteiger partial charge in [-0.25, -0.2) is 0 Å². The van der Waals surface area contributed by atoms with Gasteiger partial charge in [0.15, 0.2) is 0 Å². The van der Waals surface area contributed by atoms with Gasteiger partial charge >= 0.3 is 28.3 Å². The van der Waals surface area contributed by atoms with E-state index < -0.39 is 92.9 Å². The second-order valence-electron chi connectivity index (χ2n) is 34.9. The molecule has 0 amide bonds. The lowest BCUT2D eigenvalue weighted by molar-refractivity contribution is 0.577. The minimum Gasteiger partial charge on any atom is -0.322 e. The molecule has 0 fully saturated rings. The van der Waals surface area contributed by atoms with Gasteiger partial charge in [0.25, 0.3) is 0 Å². The maximum absolute atomic E-state index is 6.34. The van der Waals surface area contributed by atoms with Crippen molar-refractivity contribution in [3.8, 4) is 0 Å². The summed E-state index contributed by atoms with van der Waals surface area (Å²) in [6.45, 7) is 88.0. The van der Waals surface area contributed by atoms with Crippen LogP contribution in [-0.2, 0) is 10.8 Å². The summed E-state index contributed by atoms with van der Waals surface area (Å²) in [7, 11) is -13.6. The Kier molecular flexibility index (Phi) is 18.3. The summed E-state index contributed by atoms with van der Waals surface area (Å²) in [5.74, 6) is 0. The molecule has 2 aromatic carbocycles. The van der Waals surface area contributed by atoms with E-state index in [0.29, 0.717) is 30.2 Å². The molecule has 2 aromatic rings. The largest absolute Gasteiger partial charge is 0.354 e. The van der Waals surface area contributed by atoms with E-state index in [4.69, 9.17) is 4.99 Å². The first-order valence-corrected chi connectivity index (χ1v) is 60.3. The zero-order chi connectivity index (χ0) is 54.7. The highest BCUT2D eigenvalue weighted by atomic mass is 28.4. The Bertz CT molecular complexity index is 1970. The first-order valence-electron chi connectivity index (χ1n) is 28.0. The van der Waals surface area contributed by atoms with E-state index in [1.165, 1.54) is 0 Å². The Morgan fingerprint density at radius 3 is 0.671 bits per heavy atom. The van der Waals surface area contributed by atoms with E-state index in [-0.39, 0.29) is 16.4 Å². The SMILES string of the molecule is CC(C)(C)N=[C]1[Al]([c]2cc(C([Si](C)(C)C)[Si](C)(C)C)c(C(C)(C)C)c(C([Si](C)(C)C)[Si](C)(C)C)c2)[CH]2C=C[CH](C=C2)[Al]1[c]1cc(C([Si](C)(C)C)[Si](C)(C)C)c(C(C)(C)C)c(C([Si](C)(C)C)[Si](C)(C)C)c1. The zero-order valence-corrected chi connectivity index (χ0v) is 63.0. The molecule has 0 N–H and O–H groups in total. The van der Waals surface area contributed by atoms with Crippen molar-refractivity contribution in [1.29, 1.82) is 0 Å². The average molecular weight is 1120 g/mol. The number of aliphatic imine (C=N–C) groups is 1.